The number of nitrogens with one attached hydrogen (secondary N) is 1. The van der Waals surface area contributed by atoms with E-state index in [0.717, 1.165) is 51.9 Å². The first-order valence-corrected chi connectivity index (χ1v) is 13.4. The van der Waals surface area contributed by atoms with Crippen LogP contribution in [0.3, 0.4) is 0 Å². The van der Waals surface area contributed by atoms with Crippen LogP contribution in [-0.2, 0) is 9.16 Å². The number of hydrogen-bond acceptors (Lipinski definition) is 4. The molecule has 1 N–H and O–H groups in total. The molecule has 0 aromatic rings. The zero-order chi connectivity index (χ0) is 19.6. The maximum atomic E-state index is 12.0. The Kier molecular flexibility index (Phi) is 10.2. The first-order chi connectivity index (χ1) is 12.2. The van der Waals surface area contributed by atoms with Gasteiger partial charge in [0.05, 0.1) is 0 Å². The molecular formula is C20H42N2O3Si. The minimum Gasteiger partial charge on any atom is -0.446 e. The highest BCUT2D eigenvalue weighted by Gasteiger charge is 2.36. The van der Waals surface area contributed by atoms with Gasteiger partial charge in [-0.15, -0.1) is 0 Å². The summed E-state index contributed by atoms with van der Waals surface area (Å²) in [5.74, 6) is 0. The molecule has 1 rings (SSSR count). The number of carbonyl (C=O) groups excluding carboxylic acids is 1. The Balaban J connectivity index is 2.23. The first-order valence-electron chi connectivity index (χ1n) is 10.5. The predicted octanol–water partition coefficient (Wildman–Crippen LogP) is 4.78. The van der Waals surface area contributed by atoms with E-state index in [-0.39, 0.29) is 17.2 Å². The fourth-order valence-corrected chi connectivity index (χ4v) is 4.04. The van der Waals surface area contributed by atoms with Crippen LogP contribution in [-0.4, -0.2) is 58.2 Å². The summed E-state index contributed by atoms with van der Waals surface area (Å²) in [5, 5.41) is 3.14. The van der Waals surface area contributed by atoms with Gasteiger partial charge in [0.25, 0.3) is 0 Å². The molecule has 1 saturated heterocycles. The fourth-order valence-electron chi connectivity index (χ4n) is 2.95. The van der Waals surface area contributed by atoms with Gasteiger partial charge in [-0.05, 0) is 63.3 Å². The van der Waals surface area contributed by atoms with E-state index in [1.165, 1.54) is 12.8 Å². The summed E-state index contributed by atoms with van der Waals surface area (Å²) < 4.78 is 11.9. The van der Waals surface area contributed by atoms with Gasteiger partial charge in [-0.1, -0.05) is 34.1 Å². The minimum absolute atomic E-state index is 0.00481. The normalized spacial score (nSPS) is 17.3. The molecular weight excluding hydrogens is 344 g/mol. The Morgan fingerprint density at radius 3 is 2.42 bits per heavy atom. The van der Waals surface area contributed by atoms with Crippen molar-refractivity contribution in [2.45, 2.75) is 90.5 Å². The van der Waals surface area contributed by atoms with Gasteiger partial charge < -0.3 is 19.4 Å². The van der Waals surface area contributed by atoms with Crippen molar-refractivity contribution in [1.82, 2.24) is 10.2 Å². The van der Waals surface area contributed by atoms with Crippen LogP contribution in [0.4, 0.5) is 4.79 Å². The van der Waals surface area contributed by atoms with Gasteiger partial charge in [-0.3, -0.25) is 0 Å². The molecule has 26 heavy (non-hydrogen) atoms. The average molecular weight is 387 g/mol. The average Bonchev–Trinajstić information content (AvgIpc) is 3.04. The van der Waals surface area contributed by atoms with E-state index in [1.807, 2.05) is 0 Å². The molecule has 0 saturated carbocycles. The molecule has 154 valence electrons. The molecule has 1 heterocycles. The standard InChI is InChI=1S/C20H42N2O3Si/c1-7-11-18(12-10-17-24-26(5,6)20(2,3)4)25-19(23)21-13-16-22-14-8-9-15-22/h18H,7-17H2,1-6H3,(H,21,23). The van der Waals surface area contributed by atoms with Crippen molar-refractivity contribution < 1.29 is 14.0 Å². The van der Waals surface area contributed by atoms with E-state index in [9.17, 15) is 4.79 Å². The zero-order valence-corrected chi connectivity index (χ0v) is 19.0. The van der Waals surface area contributed by atoms with E-state index >= 15 is 0 Å². The van der Waals surface area contributed by atoms with Crippen LogP contribution in [0.15, 0.2) is 0 Å². The van der Waals surface area contributed by atoms with Crippen LogP contribution in [0.25, 0.3) is 0 Å². The van der Waals surface area contributed by atoms with Crippen molar-refractivity contribution in [1.29, 1.82) is 0 Å². The second-order valence-electron chi connectivity index (χ2n) is 9.04. The Morgan fingerprint density at radius 1 is 1.19 bits per heavy atom. The number of carbonyl (C=O) groups is 1. The Hall–Kier alpha value is -0.593. The fraction of sp³-hybridized carbons (Fsp3) is 0.950. The summed E-state index contributed by atoms with van der Waals surface area (Å²) in [6.45, 7) is 18.1. The smallest absolute Gasteiger partial charge is 0.407 e. The van der Waals surface area contributed by atoms with E-state index in [4.69, 9.17) is 9.16 Å². The number of amides is 1. The second-order valence-corrected chi connectivity index (χ2v) is 13.9. The van der Waals surface area contributed by atoms with Gasteiger partial charge in [0.15, 0.2) is 8.32 Å². The minimum atomic E-state index is -1.68. The summed E-state index contributed by atoms with van der Waals surface area (Å²) in [7, 11) is -1.68. The quantitative estimate of drug-likeness (QED) is 0.410. The Labute approximate surface area is 162 Å². The van der Waals surface area contributed by atoms with Crippen molar-refractivity contribution in [3.8, 4) is 0 Å². The molecule has 1 aliphatic heterocycles. The third-order valence-electron chi connectivity index (χ3n) is 5.72. The molecule has 0 aliphatic carbocycles. The highest BCUT2D eigenvalue weighted by molar-refractivity contribution is 6.74. The summed E-state index contributed by atoms with van der Waals surface area (Å²) in [6.07, 6.45) is 6.04. The highest BCUT2D eigenvalue weighted by Crippen LogP contribution is 2.36. The van der Waals surface area contributed by atoms with Crippen LogP contribution in [0, 0.1) is 0 Å². The molecule has 0 bridgehead atoms. The number of likely N-dealkylation sites (tertiary alicyclic amines) is 1. The highest BCUT2D eigenvalue weighted by atomic mass is 28.4. The summed E-state index contributed by atoms with van der Waals surface area (Å²) in [5.41, 5.74) is 0. The summed E-state index contributed by atoms with van der Waals surface area (Å²) in [6, 6.07) is 0. The lowest BCUT2D eigenvalue weighted by Crippen LogP contribution is -2.41. The van der Waals surface area contributed by atoms with E-state index in [1.54, 1.807) is 0 Å². The molecule has 1 aliphatic rings. The van der Waals surface area contributed by atoms with Crippen molar-refractivity contribution in [2.75, 3.05) is 32.8 Å². The molecule has 5 nitrogen and oxygen atoms in total. The monoisotopic (exact) mass is 386 g/mol. The molecule has 0 spiro atoms. The topological polar surface area (TPSA) is 50.8 Å². The number of rotatable bonds is 11. The van der Waals surface area contributed by atoms with Crippen molar-refractivity contribution in [3.63, 3.8) is 0 Å². The van der Waals surface area contributed by atoms with Gasteiger partial charge in [0.1, 0.15) is 6.10 Å². The SMILES string of the molecule is CCCC(CCCO[Si](C)(C)C(C)(C)C)OC(=O)NCCN1CCCC1. The third kappa shape index (κ3) is 8.87. The van der Waals surface area contributed by atoms with Gasteiger partial charge in [0, 0.05) is 19.7 Å². The first kappa shape index (κ1) is 23.4. The maximum Gasteiger partial charge on any atom is 0.407 e. The predicted molar refractivity (Wildman–Crippen MR) is 111 cm³/mol. The lowest BCUT2D eigenvalue weighted by atomic mass is 10.1. The molecule has 0 radical (unpaired) electrons. The van der Waals surface area contributed by atoms with Crippen LogP contribution < -0.4 is 5.32 Å². The van der Waals surface area contributed by atoms with Crippen molar-refractivity contribution in [3.05, 3.63) is 0 Å². The zero-order valence-electron chi connectivity index (χ0n) is 18.0. The number of nitrogens with zero attached hydrogens (tertiary/aromatic N) is 1. The maximum absolute atomic E-state index is 12.0. The molecule has 1 atom stereocenters. The number of ether oxygens (including phenoxy) is 1. The Morgan fingerprint density at radius 2 is 1.85 bits per heavy atom. The number of hydrogen-bond donors (Lipinski definition) is 1. The van der Waals surface area contributed by atoms with E-state index in [0.29, 0.717) is 6.54 Å². The van der Waals surface area contributed by atoms with Gasteiger partial charge in [-0.25, -0.2) is 4.79 Å². The third-order valence-corrected chi connectivity index (χ3v) is 10.3. The van der Waals surface area contributed by atoms with Gasteiger partial charge in [-0.2, -0.15) is 0 Å². The molecule has 1 fully saturated rings. The molecule has 6 heteroatoms. The molecule has 0 aromatic carbocycles. The molecule has 1 unspecified atom stereocenters. The van der Waals surface area contributed by atoms with Crippen LogP contribution in [0.5, 0.6) is 0 Å². The van der Waals surface area contributed by atoms with E-state index < -0.39 is 8.32 Å². The molecule has 0 aromatic heterocycles. The van der Waals surface area contributed by atoms with Gasteiger partial charge >= 0.3 is 6.09 Å². The summed E-state index contributed by atoms with van der Waals surface area (Å²) >= 11 is 0. The van der Waals surface area contributed by atoms with Crippen LogP contribution >= 0.6 is 0 Å². The van der Waals surface area contributed by atoms with Crippen molar-refractivity contribution in [2.24, 2.45) is 0 Å². The number of alkyl carbamates (subject to hydrolysis) is 1. The van der Waals surface area contributed by atoms with Crippen molar-refractivity contribution >= 4 is 14.4 Å². The summed E-state index contributed by atoms with van der Waals surface area (Å²) in [4.78, 5) is 14.4. The lowest BCUT2D eigenvalue weighted by Gasteiger charge is -2.36. The van der Waals surface area contributed by atoms with Crippen LogP contribution in [0.2, 0.25) is 18.1 Å². The molecule has 1 amide bonds. The largest absolute Gasteiger partial charge is 0.446 e. The lowest BCUT2D eigenvalue weighted by molar-refractivity contribution is 0.0819. The Bertz CT molecular complexity index is 404. The van der Waals surface area contributed by atoms with Crippen LogP contribution in [0.1, 0.15) is 66.2 Å². The van der Waals surface area contributed by atoms with E-state index in [2.05, 4.69) is 51.0 Å². The van der Waals surface area contributed by atoms with Gasteiger partial charge in [0.2, 0.25) is 0 Å². The second kappa shape index (κ2) is 11.3.